The van der Waals surface area contributed by atoms with Gasteiger partial charge in [-0.2, -0.15) is 0 Å². The first-order valence-electron chi connectivity index (χ1n) is 11.9. The lowest BCUT2D eigenvalue weighted by atomic mass is 9.72. The third-order valence-corrected chi connectivity index (χ3v) is 6.42. The van der Waals surface area contributed by atoms with E-state index in [0.29, 0.717) is 38.8 Å². The Balaban J connectivity index is 2.50. The number of allylic oxidation sites excluding steroid dienone is 1. The molecular weight excluding hydrogens is 442 g/mol. The fraction of sp³-hybridized carbons (Fsp3) is 0.708. The zero-order valence-corrected chi connectivity index (χ0v) is 20.9. The third kappa shape index (κ3) is 5.97. The van der Waals surface area contributed by atoms with Crippen LogP contribution in [0.4, 0.5) is 0 Å². The van der Waals surface area contributed by atoms with Crippen LogP contribution in [0.2, 0.25) is 0 Å². The van der Waals surface area contributed by atoms with E-state index in [9.17, 15) is 19.6 Å². The number of nitrogens with zero attached hydrogens (tertiary/aromatic N) is 1. The van der Waals surface area contributed by atoms with E-state index in [1.54, 1.807) is 20.1 Å². The molecule has 34 heavy (non-hydrogen) atoms. The SMILES string of the molecule is CCC[C@@H](CCCC(=O)O)C(=O)[N@+]1(O)C[C@@H](C)OC2=C1C(N)=CC(C)(C)[C@H]2C(=O)NCCOC. The number of hydrogen-bond donors (Lipinski definition) is 4. The highest BCUT2D eigenvalue weighted by Gasteiger charge is 2.57. The largest absolute Gasteiger partial charge is 0.482 e. The minimum atomic E-state index is -1.06. The molecule has 5 N–H and O–H groups in total. The molecule has 2 amide bonds. The highest BCUT2D eigenvalue weighted by Crippen LogP contribution is 2.47. The number of carboxylic acids is 1. The first-order valence-corrected chi connectivity index (χ1v) is 11.9. The van der Waals surface area contributed by atoms with Gasteiger partial charge in [-0.25, -0.2) is 10.0 Å². The van der Waals surface area contributed by atoms with Crippen LogP contribution in [0.5, 0.6) is 0 Å². The number of quaternary nitrogens is 1. The van der Waals surface area contributed by atoms with Gasteiger partial charge in [-0.15, -0.1) is 0 Å². The monoisotopic (exact) mass is 482 g/mol. The number of methoxy groups -OCH3 is 1. The quantitative estimate of drug-likeness (QED) is 0.199. The molecule has 0 spiro atoms. The van der Waals surface area contributed by atoms with Crippen molar-refractivity contribution < 1.29 is 38.8 Å². The molecule has 0 aromatic rings. The van der Waals surface area contributed by atoms with Gasteiger partial charge in [-0.3, -0.25) is 9.59 Å². The van der Waals surface area contributed by atoms with Crippen LogP contribution in [-0.4, -0.2) is 65.7 Å². The van der Waals surface area contributed by atoms with E-state index in [0.717, 1.165) is 0 Å². The molecule has 4 atom stereocenters. The smallest absolute Gasteiger partial charge is 0.354 e. The summed E-state index contributed by atoms with van der Waals surface area (Å²) in [5.41, 5.74) is 5.96. The van der Waals surface area contributed by atoms with Crippen molar-refractivity contribution in [3.63, 3.8) is 0 Å². The molecular formula is C24H40N3O7+. The molecule has 1 heterocycles. The van der Waals surface area contributed by atoms with Crippen LogP contribution in [0.25, 0.3) is 0 Å². The Labute approximate surface area is 201 Å². The van der Waals surface area contributed by atoms with Crippen LogP contribution in [0.15, 0.2) is 23.2 Å². The normalized spacial score (nSPS) is 26.7. The summed E-state index contributed by atoms with van der Waals surface area (Å²) in [6, 6.07) is 0. The fourth-order valence-corrected chi connectivity index (χ4v) is 4.98. The van der Waals surface area contributed by atoms with Crippen LogP contribution in [0.3, 0.4) is 0 Å². The van der Waals surface area contributed by atoms with Crippen LogP contribution in [0, 0.1) is 17.3 Å². The maximum atomic E-state index is 13.8. The minimum Gasteiger partial charge on any atom is -0.482 e. The fourth-order valence-electron chi connectivity index (χ4n) is 4.98. The average molecular weight is 483 g/mol. The zero-order chi connectivity index (χ0) is 25.7. The first kappa shape index (κ1) is 27.8. The van der Waals surface area contributed by atoms with E-state index in [2.05, 4.69) is 5.32 Å². The molecule has 1 aliphatic heterocycles. The van der Waals surface area contributed by atoms with Crippen molar-refractivity contribution in [2.45, 2.75) is 65.9 Å². The number of rotatable bonds is 11. The van der Waals surface area contributed by atoms with E-state index in [-0.39, 0.29) is 36.0 Å². The maximum Gasteiger partial charge on any atom is 0.354 e. The van der Waals surface area contributed by atoms with E-state index in [1.165, 1.54) is 0 Å². The van der Waals surface area contributed by atoms with Crippen LogP contribution in [-0.2, 0) is 23.9 Å². The summed E-state index contributed by atoms with van der Waals surface area (Å²) in [6.07, 6.45) is 2.97. The molecule has 0 saturated carbocycles. The number of ether oxygens (including phenoxy) is 2. The summed E-state index contributed by atoms with van der Waals surface area (Å²) in [7, 11) is 1.54. The summed E-state index contributed by atoms with van der Waals surface area (Å²) in [6.45, 7) is 7.97. The third-order valence-electron chi connectivity index (χ3n) is 6.42. The van der Waals surface area contributed by atoms with Gasteiger partial charge in [-0.05, 0) is 32.3 Å². The number of carbonyl (C=O) groups is 3. The summed E-state index contributed by atoms with van der Waals surface area (Å²) in [5, 5.41) is 23.7. The molecule has 10 nitrogen and oxygen atoms in total. The highest BCUT2D eigenvalue weighted by molar-refractivity contribution is 5.83. The molecule has 0 bridgehead atoms. The van der Waals surface area contributed by atoms with Gasteiger partial charge in [0.1, 0.15) is 12.0 Å². The Morgan fingerprint density at radius 3 is 2.62 bits per heavy atom. The molecule has 10 heteroatoms. The van der Waals surface area contributed by atoms with Gasteiger partial charge in [0.05, 0.1) is 18.2 Å². The second-order valence-corrected chi connectivity index (χ2v) is 9.84. The standard InChI is InChI=1S/C24H39N3O7/c1-6-8-16(9-7-10-18(28)29)23(31)27(32)14-15(2)34-21-19(22(30)26-11-12-33-5)24(3,4)13-17(25)20(21)27/h13,15-16,19,32H,6-12,14,25H2,1-5H3,(H-,26,28,29,30)/p+1/t15-,16+,19-,27+/m1/s1. The van der Waals surface area contributed by atoms with Crippen molar-refractivity contribution in [1.29, 1.82) is 0 Å². The summed E-state index contributed by atoms with van der Waals surface area (Å²) in [5.74, 6) is -2.84. The maximum absolute atomic E-state index is 13.8. The number of nitrogens with two attached hydrogens (primary N) is 1. The number of nitrogens with one attached hydrogen (secondary N) is 1. The Kier molecular flexibility index (Phi) is 9.27. The lowest BCUT2D eigenvalue weighted by Crippen LogP contribution is -2.61. The second kappa shape index (κ2) is 11.3. The van der Waals surface area contributed by atoms with Crippen molar-refractivity contribution >= 4 is 17.8 Å². The predicted octanol–water partition coefficient (Wildman–Crippen LogP) is 2.28. The Morgan fingerprint density at radius 2 is 2.03 bits per heavy atom. The van der Waals surface area contributed by atoms with Crippen LogP contribution < -0.4 is 11.1 Å². The lowest BCUT2D eigenvalue weighted by molar-refractivity contribution is -1.01. The van der Waals surface area contributed by atoms with E-state index < -0.39 is 39.9 Å². The first-order chi connectivity index (χ1) is 15.9. The Bertz CT molecular complexity index is 852. The zero-order valence-electron chi connectivity index (χ0n) is 20.9. The molecule has 192 valence electrons. The van der Waals surface area contributed by atoms with Gasteiger partial charge in [-0.1, -0.05) is 31.8 Å². The van der Waals surface area contributed by atoms with Crippen LogP contribution >= 0.6 is 0 Å². The summed E-state index contributed by atoms with van der Waals surface area (Å²) < 4.78 is 10.1. The van der Waals surface area contributed by atoms with Gasteiger partial charge < -0.3 is 25.6 Å². The lowest BCUT2D eigenvalue weighted by Gasteiger charge is -2.45. The van der Waals surface area contributed by atoms with Crippen LogP contribution in [0.1, 0.15) is 59.8 Å². The van der Waals surface area contributed by atoms with Gasteiger partial charge >= 0.3 is 11.9 Å². The molecule has 0 unspecified atom stereocenters. The Morgan fingerprint density at radius 1 is 1.35 bits per heavy atom. The predicted molar refractivity (Wildman–Crippen MR) is 124 cm³/mol. The number of hydrogen-bond acceptors (Lipinski definition) is 7. The van der Waals surface area contributed by atoms with Crippen molar-refractivity contribution in [3.05, 3.63) is 23.2 Å². The molecule has 2 aliphatic rings. The summed E-state index contributed by atoms with van der Waals surface area (Å²) >= 11 is 0. The van der Waals surface area contributed by atoms with Gasteiger partial charge in [0.15, 0.2) is 12.3 Å². The molecule has 2 rings (SSSR count). The number of carboxylic acid groups (broad SMARTS) is 1. The number of carbonyl (C=O) groups excluding carboxylic acids is 2. The van der Waals surface area contributed by atoms with Gasteiger partial charge in [0, 0.05) is 25.5 Å². The molecule has 0 aromatic carbocycles. The van der Waals surface area contributed by atoms with Crippen molar-refractivity contribution in [2.24, 2.45) is 23.0 Å². The van der Waals surface area contributed by atoms with E-state index >= 15 is 0 Å². The van der Waals surface area contributed by atoms with Gasteiger partial charge in [0.25, 0.3) is 0 Å². The average Bonchev–Trinajstić information content (AvgIpc) is 2.71. The topological polar surface area (TPSA) is 148 Å². The molecule has 0 saturated heterocycles. The van der Waals surface area contributed by atoms with Crippen molar-refractivity contribution in [3.8, 4) is 0 Å². The summed E-state index contributed by atoms with van der Waals surface area (Å²) in [4.78, 5) is 37.9. The molecule has 0 radical (unpaired) electrons. The highest BCUT2D eigenvalue weighted by atomic mass is 16.6. The van der Waals surface area contributed by atoms with E-state index in [1.807, 2.05) is 20.8 Å². The van der Waals surface area contributed by atoms with Crippen molar-refractivity contribution in [2.75, 3.05) is 26.8 Å². The second-order valence-electron chi connectivity index (χ2n) is 9.84. The molecule has 1 aliphatic carbocycles. The molecule has 0 aromatic heterocycles. The number of hydroxylamine groups is 3. The minimum absolute atomic E-state index is 0.0493. The van der Waals surface area contributed by atoms with E-state index in [4.69, 9.17) is 20.3 Å². The van der Waals surface area contributed by atoms with Crippen molar-refractivity contribution in [1.82, 2.24) is 5.32 Å². The number of amides is 2. The molecule has 0 fully saturated rings. The number of aliphatic carboxylic acids is 1. The Hall–Kier alpha value is -2.43. The van der Waals surface area contributed by atoms with Gasteiger partial charge in [0.2, 0.25) is 11.6 Å².